The van der Waals surface area contributed by atoms with E-state index in [1.54, 1.807) is 13.8 Å². The number of hydrogen-bond acceptors (Lipinski definition) is 4. The molecule has 1 aliphatic rings. The number of aromatic nitrogens is 2. The van der Waals surface area contributed by atoms with Crippen LogP contribution in [0, 0.1) is 12.8 Å². The first kappa shape index (κ1) is 13.0. The van der Waals surface area contributed by atoms with Gasteiger partial charge in [0.05, 0.1) is 11.9 Å². The lowest BCUT2D eigenvalue weighted by atomic mass is 10.0. The molecule has 0 saturated carbocycles. The molecule has 1 saturated heterocycles. The Morgan fingerprint density at radius 2 is 2.28 bits per heavy atom. The van der Waals surface area contributed by atoms with Gasteiger partial charge < -0.3 is 5.11 Å². The van der Waals surface area contributed by atoms with Crippen molar-refractivity contribution in [1.82, 2.24) is 14.5 Å². The van der Waals surface area contributed by atoms with Crippen LogP contribution in [0.5, 0.6) is 0 Å². The maximum atomic E-state index is 12.4. The highest BCUT2D eigenvalue weighted by Crippen LogP contribution is 2.30. The highest BCUT2D eigenvalue weighted by atomic mass is 32.2. The van der Waals surface area contributed by atoms with Gasteiger partial charge in [0.1, 0.15) is 10.9 Å². The fourth-order valence-electron chi connectivity index (χ4n) is 2.27. The molecule has 1 fully saturated rings. The zero-order valence-corrected chi connectivity index (χ0v) is 10.9. The molecule has 2 N–H and O–H groups in total. The molecule has 18 heavy (non-hydrogen) atoms. The Morgan fingerprint density at radius 1 is 1.61 bits per heavy atom. The predicted octanol–water partition coefficient (Wildman–Crippen LogP) is 0.202. The molecule has 8 heteroatoms. The summed E-state index contributed by atoms with van der Waals surface area (Å²) in [7, 11) is -3.79. The standard InChI is InChI=1S/C10H15N3O4S/c1-6-3-4-13(9(6)10(14)15)18(16,17)8-5-11-12-7(8)2/h5-6,9H,3-4H2,1-2H3,(H,11,12)(H,14,15). The fourth-order valence-corrected chi connectivity index (χ4v) is 4.09. The lowest BCUT2D eigenvalue weighted by Gasteiger charge is -2.22. The van der Waals surface area contributed by atoms with Crippen molar-refractivity contribution in [1.29, 1.82) is 0 Å². The van der Waals surface area contributed by atoms with E-state index in [0.717, 1.165) is 4.31 Å². The van der Waals surface area contributed by atoms with Crippen LogP contribution in [0.3, 0.4) is 0 Å². The number of hydrogen-bond donors (Lipinski definition) is 2. The van der Waals surface area contributed by atoms with Crippen LogP contribution in [0.4, 0.5) is 0 Å². The van der Waals surface area contributed by atoms with Gasteiger partial charge in [-0.05, 0) is 19.3 Å². The minimum Gasteiger partial charge on any atom is -0.480 e. The molecule has 0 aromatic carbocycles. The van der Waals surface area contributed by atoms with Crippen LogP contribution in [0.2, 0.25) is 0 Å². The minimum absolute atomic E-state index is 0.0443. The summed E-state index contributed by atoms with van der Waals surface area (Å²) in [6, 6.07) is -0.996. The van der Waals surface area contributed by atoms with Crippen molar-refractivity contribution in [3.8, 4) is 0 Å². The van der Waals surface area contributed by atoms with E-state index in [0.29, 0.717) is 12.1 Å². The maximum absolute atomic E-state index is 12.4. The zero-order chi connectivity index (χ0) is 13.5. The number of carboxylic acid groups (broad SMARTS) is 1. The number of H-pyrrole nitrogens is 1. The zero-order valence-electron chi connectivity index (χ0n) is 10.1. The number of nitrogens with zero attached hydrogens (tertiary/aromatic N) is 2. The first-order valence-electron chi connectivity index (χ1n) is 5.60. The molecular weight excluding hydrogens is 258 g/mol. The monoisotopic (exact) mass is 273 g/mol. The summed E-state index contributed by atoms with van der Waals surface area (Å²) in [4.78, 5) is 11.2. The molecule has 1 aromatic heterocycles. The molecule has 0 amide bonds. The Balaban J connectivity index is 2.43. The minimum atomic E-state index is -3.79. The van der Waals surface area contributed by atoms with Crippen molar-refractivity contribution in [2.75, 3.05) is 6.54 Å². The number of nitrogens with one attached hydrogen (secondary N) is 1. The Kier molecular flexibility index (Phi) is 3.16. The maximum Gasteiger partial charge on any atom is 0.322 e. The van der Waals surface area contributed by atoms with Crippen LogP contribution in [-0.2, 0) is 14.8 Å². The Labute approximate surface area is 105 Å². The average molecular weight is 273 g/mol. The molecule has 100 valence electrons. The van der Waals surface area contributed by atoms with E-state index < -0.39 is 22.0 Å². The normalized spacial score (nSPS) is 25.4. The van der Waals surface area contributed by atoms with E-state index in [-0.39, 0.29) is 17.4 Å². The number of rotatable bonds is 3. The molecule has 2 atom stereocenters. The molecule has 7 nitrogen and oxygen atoms in total. The molecule has 1 aromatic rings. The van der Waals surface area contributed by atoms with Crippen LogP contribution in [0.15, 0.2) is 11.1 Å². The lowest BCUT2D eigenvalue weighted by Crippen LogP contribution is -2.42. The summed E-state index contributed by atoms with van der Waals surface area (Å²) in [6.45, 7) is 3.57. The van der Waals surface area contributed by atoms with Crippen molar-refractivity contribution in [2.45, 2.75) is 31.2 Å². The van der Waals surface area contributed by atoms with Gasteiger partial charge in [0.15, 0.2) is 0 Å². The smallest absolute Gasteiger partial charge is 0.322 e. The fraction of sp³-hybridized carbons (Fsp3) is 0.600. The third kappa shape index (κ3) is 1.91. The van der Waals surface area contributed by atoms with Crippen molar-refractivity contribution in [3.63, 3.8) is 0 Å². The highest BCUT2D eigenvalue weighted by molar-refractivity contribution is 7.89. The Morgan fingerprint density at radius 3 is 2.78 bits per heavy atom. The van der Waals surface area contributed by atoms with Crippen LogP contribution < -0.4 is 0 Å². The molecule has 1 aliphatic heterocycles. The lowest BCUT2D eigenvalue weighted by molar-refractivity contribution is -0.141. The predicted molar refractivity (Wildman–Crippen MR) is 62.4 cm³/mol. The van der Waals surface area contributed by atoms with Crippen LogP contribution >= 0.6 is 0 Å². The van der Waals surface area contributed by atoms with Gasteiger partial charge in [-0.25, -0.2) is 8.42 Å². The average Bonchev–Trinajstić information content (AvgIpc) is 2.84. The first-order valence-corrected chi connectivity index (χ1v) is 7.04. The van der Waals surface area contributed by atoms with Gasteiger partial charge in [-0.15, -0.1) is 0 Å². The van der Waals surface area contributed by atoms with Crippen LogP contribution in [0.1, 0.15) is 19.0 Å². The quantitative estimate of drug-likeness (QED) is 0.819. The molecule has 0 aliphatic carbocycles. The first-order chi connectivity index (χ1) is 8.35. The molecule has 2 unspecified atom stereocenters. The van der Waals surface area contributed by atoms with Gasteiger partial charge in [0, 0.05) is 6.54 Å². The third-order valence-corrected chi connectivity index (χ3v) is 5.27. The second-order valence-corrected chi connectivity index (χ2v) is 6.38. The van der Waals surface area contributed by atoms with E-state index in [1.165, 1.54) is 6.20 Å². The molecule has 0 radical (unpaired) electrons. The van der Waals surface area contributed by atoms with Gasteiger partial charge >= 0.3 is 5.97 Å². The van der Waals surface area contributed by atoms with Crippen molar-refractivity contribution in [3.05, 3.63) is 11.9 Å². The summed E-state index contributed by atoms with van der Waals surface area (Å²) < 4.78 is 25.8. The highest BCUT2D eigenvalue weighted by Gasteiger charge is 2.44. The summed E-state index contributed by atoms with van der Waals surface area (Å²) in [5.41, 5.74) is 0.415. The van der Waals surface area contributed by atoms with Crippen molar-refractivity contribution >= 4 is 16.0 Å². The van der Waals surface area contributed by atoms with Gasteiger partial charge in [0.25, 0.3) is 0 Å². The Bertz CT molecular complexity index is 565. The number of carbonyl (C=O) groups is 1. The summed E-state index contributed by atoms with van der Waals surface area (Å²) in [5, 5.41) is 15.4. The van der Waals surface area contributed by atoms with Crippen molar-refractivity contribution in [2.24, 2.45) is 5.92 Å². The third-order valence-electron chi connectivity index (χ3n) is 3.28. The molecule has 0 spiro atoms. The van der Waals surface area contributed by atoms with Crippen LogP contribution in [0.25, 0.3) is 0 Å². The van der Waals surface area contributed by atoms with E-state index in [4.69, 9.17) is 5.11 Å². The number of sulfonamides is 1. The number of aliphatic carboxylic acids is 1. The molecule has 0 bridgehead atoms. The molecule has 2 rings (SSSR count). The van der Waals surface area contributed by atoms with Gasteiger partial charge in [-0.2, -0.15) is 9.40 Å². The van der Waals surface area contributed by atoms with Gasteiger partial charge in [0.2, 0.25) is 10.0 Å². The van der Waals surface area contributed by atoms with Crippen molar-refractivity contribution < 1.29 is 18.3 Å². The topological polar surface area (TPSA) is 103 Å². The van der Waals surface area contributed by atoms with E-state index >= 15 is 0 Å². The summed E-state index contributed by atoms with van der Waals surface area (Å²) in [5.74, 6) is -1.30. The second-order valence-electron chi connectivity index (χ2n) is 4.52. The summed E-state index contributed by atoms with van der Waals surface area (Å²) in [6.07, 6.45) is 1.76. The number of carboxylic acids is 1. The van der Waals surface area contributed by atoms with E-state index in [2.05, 4.69) is 10.2 Å². The molecule has 2 heterocycles. The Hall–Kier alpha value is -1.41. The van der Waals surface area contributed by atoms with Crippen LogP contribution in [-0.4, -0.2) is 46.6 Å². The number of aromatic amines is 1. The summed E-state index contributed by atoms with van der Waals surface area (Å²) >= 11 is 0. The van der Waals surface area contributed by atoms with E-state index in [9.17, 15) is 13.2 Å². The van der Waals surface area contributed by atoms with Gasteiger partial charge in [-0.1, -0.05) is 6.92 Å². The molecular formula is C10H15N3O4S. The second kappa shape index (κ2) is 4.36. The van der Waals surface area contributed by atoms with Gasteiger partial charge in [-0.3, -0.25) is 9.89 Å². The number of aryl methyl sites for hydroxylation is 1. The van der Waals surface area contributed by atoms with E-state index in [1.807, 2.05) is 0 Å². The largest absolute Gasteiger partial charge is 0.480 e. The SMILES string of the molecule is Cc1[nH]ncc1S(=O)(=O)N1CCC(C)C1C(=O)O.